The molecule has 0 aliphatic heterocycles. The normalized spacial score (nSPS) is 25.6. The number of nitrogens with one attached hydrogen (secondary N) is 2. The van der Waals surface area contributed by atoms with Gasteiger partial charge in [-0.1, -0.05) is 0 Å². The highest BCUT2D eigenvalue weighted by Gasteiger charge is 2.26. The Hall–Kier alpha value is -0.610. The first-order valence-corrected chi connectivity index (χ1v) is 5.31. The van der Waals surface area contributed by atoms with Crippen molar-refractivity contribution < 1.29 is 9.90 Å². The minimum Gasteiger partial charge on any atom is -0.393 e. The molecule has 0 spiro atoms. The lowest BCUT2D eigenvalue weighted by Gasteiger charge is -2.31. The maximum Gasteiger partial charge on any atom is 0.219 e. The summed E-state index contributed by atoms with van der Waals surface area (Å²) in [4.78, 5) is 10.8. The van der Waals surface area contributed by atoms with E-state index in [0.717, 1.165) is 32.4 Å². The van der Waals surface area contributed by atoms with Gasteiger partial charge in [-0.3, -0.25) is 4.79 Å². The molecular weight excluding hydrogens is 180 g/mol. The summed E-state index contributed by atoms with van der Waals surface area (Å²) in [5, 5.41) is 14.9. The largest absolute Gasteiger partial charge is 0.393 e. The fraction of sp³-hybridized carbons (Fsp3) is 0.900. The van der Waals surface area contributed by atoms with E-state index in [9.17, 15) is 4.79 Å². The van der Waals surface area contributed by atoms with Crippen LogP contribution in [0.3, 0.4) is 0 Å². The van der Waals surface area contributed by atoms with Crippen LogP contribution < -0.4 is 10.6 Å². The molecule has 1 fully saturated rings. The highest BCUT2D eigenvalue weighted by atomic mass is 16.3. The number of hydrogen-bond donors (Lipinski definition) is 3. The van der Waals surface area contributed by atoms with Crippen LogP contribution in [0.1, 0.15) is 25.7 Å². The van der Waals surface area contributed by atoms with Gasteiger partial charge < -0.3 is 15.7 Å². The van der Waals surface area contributed by atoms with E-state index in [2.05, 4.69) is 10.6 Å². The van der Waals surface area contributed by atoms with Crippen LogP contribution in [0.5, 0.6) is 0 Å². The van der Waals surface area contributed by atoms with Crippen molar-refractivity contribution in [2.24, 2.45) is 5.92 Å². The smallest absolute Gasteiger partial charge is 0.219 e. The van der Waals surface area contributed by atoms with E-state index in [1.807, 2.05) is 0 Å². The van der Waals surface area contributed by atoms with Crippen LogP contribution >= 0.6 is 0 Å². The second-order valence-electron chi connectivity index (χ2n) is 3.97. The van der Waals surface area contributed by atoms with E-state index in [1.54, 1.807) is 7.05 Å². The van der Waals surface area contributed by atoms with Crippen molar-refractivity contribution in [1.82, 2.24) is 10.6 Å². The van der Waals surface area contributed by atoms with Crippen LogP contribution in [0.25, 0.3) is 0 Å². The molecule has 14 heavy (non-hydrogen) atoms. The average Bonchev–Trinajstić information content (AvgIpc) is 2.13. The van der Waals surface area contributed by atoms with Crippen LogP contribution in [-0.2, 0) is 4.79 Å². The Balaban J connectivity index is 1.83. The zero-order valence-electron chi connectivity index (χ0n) is 8.75. The molecule has 1 amide bonds. The molecule has 3 N–H and O–H groups in total. The first kappa shape index (κ1) is 11.5. The zero-order valence-corrected chi connectivity index (χ0v) is 8.75. The van der Waals surface area contributed by atoms with E-state index in [4.69, 9.17) is 5.11 Å². The average molecular weight is 200 g/mol. The predicted octanol–water partition coefficient (Wildman–Crippen LogP) is -0.127. The molecule has 4 heteroatoms. The number of aliphatic hydroxyl groups is 1. The summed E-state index contributed by atoms with van der Waals surface area (Å²) in [5.74, 6) is 0.746. The van der Waals surface area contributed by atoms with Gasteiger partial charge in [-0.2, -0.15) is 0 Å². The van der Waals surface area contributed by atoms with Crippen molar-refractivity contribution in [2.75, 3.05) is 20.1 Å². The summed E-state index contributed by atoms with van der Waals surface area (Å²) in [6, 6.07) is 0. The number of carbonyl (C=O) groups excluding carboxylic acids is 1. The van der Waals surface area contributed by atoms with Gasteiger partial charge >= 0.3 is 0 Å². The Kier molecular flexibility index (Phi) is 4.90. The van der Waals surface area contributed by atoms with E-state index in [0.29, 0.717) is 12.3 Å². The van der Waals surface area contributed by atoms with Gasteiger partial charge in [0, 0.05) is 13.5 Å². The standard InChI is InChI=1S/C10H20N2O2/c1-11-10(14)3-2-4-12-7-8-5-9(13)6-8/h8-9,12-13H,2-7H2,1H3,(H,11,14). The van der Waals surface area contributed by atoms with Crippen LogP contribution in [0.2, 0.25) is 0 Å². The number of hydrogen-bond acceptors (Lipinski definition) is 3. The third-order valence-corrected chi connectivity index (χ3v) is 2.68. The zero-order chi connectivity index (χ0) is 10.4. The van der Waals surface area contributed by atoms with Crippen molar-refractivity contribution >= 4 is 5.91 Å². The molecule has 0 bridgehead atoms. The van der Waals surface area contributed by atoms with Gasteiger partial charge in [0.25, 0.3) is 0 Å². The predicted molar refractivity (Wildman–Crippen MR) is 54.9 cm³/mol. The third kappa shape index (κ3) is 4.07. The maximum atomic E-state index is 10.8. The van der Waals surface area contributed by atoms with Gasteiger partial charge in [0.05, 0.1) is 6.10 Å². The first-order chi connectivity index (χ1) is 6.72. The Morgan fingerprint density at radius 3 is 2.79 bits per heavy atom. The minimum absolute atomic E-state index is 0.0623. The molecule has 0 aromatic carbocycles. The van der Waals surface area contributed by atoms with Gasteiger partial charge in [-0.15, -0.1) is 0 Å². The molecule has 1 saturated carbocycles. The summed E-state index contributed by atoms with van der Waals surface area (Å²) < 4.78 is 0. The van der Waals surface area contributed by atoms with Crippen LogP contribution in [0, 0.1) is 5.92 Å². The topological polar surface area (TPSA) is 61.4 Å². The van der Waals surface area contributed by atoms with Crippen LogP contribution in [0.4, 0.5) is 0 Å². The Morgan fingerprint density at radius 2 is 2.21 bits per heavy atom. The molecule has 1 rings (SSSR count). The van der Waals surface area contributed by atoms with Crippen molar-refractivity contribution in [3.05, 3.63) is 0 Å². The van der Waals surface area contributed by atoms with Crippen molar-refractivity contribution in [3.8, 4) is 0 Å². The summed E-state index contributed by atoms with van der Waals surface area (Å²) in [5.41, 5.74) is 0. The second-order valence-corrected chi connectivity index (χ2v) is 3.97. The number of amides is 1. The van der Waals surface area contributed by atoms with Gasteiger partial charge in [0.2, 0.25) is 5.91 Å². The highest BCUT2D eigenvalue weighted by Crippen LogP contribution is 2.25. The van der Waals surface area contributed by atoms with Crippen LogP contribution in [0.15, 0.2) is 0 Å². The minimum atomic E-state index is -0.0623. The number of rotatable bonds is 6. The lowest BCUT2D eigenvalue weighted by molar-refractivity contribution is -0.120. The molecule has 4 nitrogen and oxygen atoms in total. The quantitative estimate of drug-likeness (QED) is 0.524. The van der Waals surface area contributed by atoms with Gasteiger partial charge in [0.15, 0.2) is 0 Å². The third-order valence-electron chi connectivity index (χ3n) is 2.68. The van der Waals surface area contributed by atoms with Crippen molar-refractivity contribution in [2.45, 2.75) is 31.8 Å². The monoisotopic (exact) mass is 200 g/mol. The molecular formula is C10H20N2O2. The highest BCUT2D eigenvalue weighted by molar-refractivity contribution is 5.75. The summed E-state index contributed by atoms with van der Waals surface area (Å²) in [6.45, 7) is 1.87. The van der Waals surface area contributed by atoms with E-state index in [-0.39, 0.29) is 12.0 Å². The molecule has 1 aliphatic carbocycles. The SMILES string of the molecule is CNC(=O)CCCNCC1CC(O)C1. The van der Waals surface area contributed by atoms with Crippen molar-refractivity contribution in [1.29, 1.82) is 0 Å². The molecule has 0 atom stereocenters. The van der Waals surface area contributed by atoms with E-state index >= 15 is 0 Å². The number of aliphatic hydroxyl groups excluding tert-OH is 1. The molecule has 0 radical (unpaired) electrons. The molecule has 0 aromatic heterocycles. The fourth-order valence-corrected chi connectivity index (χ4v) is 1.67. The lowest BCUT2D eigenvalue weighted by Crippen LogP contribution is -2.36. The summed E-state index contributed by atoms with van der Waals surface area (Å²) >= 11 is 0. The maximum absolute atomic E-state index is 10.8. The second kappa shape index (κ2) is 5.98. The Morgan fingerprint density at radius 1 is 1.50 bits per heavy atom. The Bertz CT molecular complexity index is 179. The fourth-order valence-electron chi connectivity index (χ4n) is 1.67. The molecule has 1 aliphatic rings. The van der Waals surface area contributed by atoms with E-state index in [1.165, 1.54) is 0 Å². The lowest BCUT2D eigenvalue weighted by atomic mass is 9.82. The van der Waals surface area contributed by atoms with Gasteiger partial charge in [-0.05, 0) is 38.3 Å². The molecule has 0 heterocycles. The first-order valence-electron chi connectivity index (χ1n) is 5.31. The van der Waals surface area contributed by atoms with Crippen LogP contribution in [-0.4, -0.2) is 37.3 Å². The molecule has 0 unspecified atom stereocenters. The summed E-state index contributed by atoms with van der Waals surface area (Å²) in [7, 11) is 1.66. The number of carbonyl (C=O) groups is 1. The Labute approximate surface area is 85.1 Å². The van der Waals surface area contributed by atoms with Gasteiger partial charge in [-0.25, -0.2) is 0 Å². The summed E-state index contributed by atoms with van der Waals surface area (Å²) in [6.07, 6.45) is 3.28. The van der Waals surface area contributed by atoms with Crippen molar-refractivity contribution in [3.63, 3.8) is 0 Å². The molecule has 82 valence electrons. The van der Waals surface area contributed by atoms with E-state index < -0.39 is 0 Å². The molecule has 0 saturated heterocycles. The molecule has 0 aromatic rings. The van der Waals surface area contributed by atoms with Gasteiger partial charge in [0.1, 0.15) is 0 Å².